The summed E-state index contributed by atoms with van der Waals surface area (Å²) in [5, 5.41) is 3.54. The van der Waals surface area contributed by atoms with E-state index in [1.54, 1.807) is 7.11 Å². The predicted octanol–water partition coefficient (Wildman–Crippen LogP) is 4.08. The number of hydrogen-bond acceptors (Lipinski definition) is 2. The molecule has 0 radical (unpaired) electrons. The predicted molar refractivity (Wildman–Crippen MR) is 78.0 cm³/mol. The number of allylic oxidation sites excluding steroid dienone is 2. The molecule has 1 N–H and O–H groups in total. The van der Waals surface area contributed by atoms with Crippen molar-refractivity contribution in [3.63, 3.8) is 0 Å². The topological polar surface area (TPSA) is 21.3 Å². The molecule has 1 fully saturated rings. The summed E-state index contributed by atoms with van der Waals surface area (Å²) in [6.07, 6.45) is 7.51. The SMILES string of the molecule is COc1cc(Br)cc(NCC2CC3C=CC2C3)c1. The normalized spacial score (nSPS) is 28.7. The van der Waals surface area contributed by atoms with Crippen LogP contribution in [0.1, 0.15) is 12.8 Å². The zero-order valence-electron chi connectivity index (χ0n) is 10.5. The summed E-state index contributed by atoms with van der Waals surface area (Å²) in [5.74, 6) is 3.33. The van der Waals surface area contributed by atoms with Crippen LogP contribution in [-0.2, 0) is 0 Å². The van der Waals surface area contributed by atoms with Gasteiger partial charge in [0.1, 0.15) is 5.75 Å². The lowest BCUT2D eigenvalue weighted by Gasteiger charge is -2.19. The maximum absolute atomic E-state index is 5.28. The van der Waals surface area contributed by atoms with E-state index in [1.807, 2.05) is 12.1 Å². The molecule has 3 heteroatoms. The van der Waals surface area contributed by atoms with Crippen molar-refractivity contribution in [1.29, 1.82) is 0 Å². The zero-order chi connectivity index (χ0) is 12.5. The molecule has 0 heterocycles. The van der Waals surface area contributed by atoms with Gasteiger partial charge < -0.3 is 10.1 Å². The molecular formula is C15H18BrNO. The summed E-state index contributed by atoms with van der Waals surface area (Å²) >= 11 is 3.51. The lowest BCUT2D eigenvalue weighted by Crippen LogP contribution is -2.18. The lowest BCUT2D eigenvalue weighted by atomic mass is 9.93. The minimum atomic E-state index is 0.796. The second-order valence-electron chi connectivity index (χ2n) is 5.30. The summed E-state index contributed by atoms with van der Waals surface area (Å²) in [6.45, 7) is 1.06. The third kappa shape index (κ3) is 2.41. The highest BCUT2D eigenvalue weighted by atomic mass is 79.9. The average molecular weight is 308 g/mol. The molecule has 2 nitrogen and oxygen atoms in total. The lowest BCUT2D eigenvalue weighted by molar-refractivity contribution is 0.414. The van der Waals surface area contributed by atoms with Crippen LogP contribution < -0.4 is 10.1 Å². The van der Waals surface area contributed by atoms with Gasteiger partial charge in [0.05, 0.1) is 7.11 Å². The summed E-state index contributed by atoms with van der Waals surface area (Å²) in [4.78, 5) is 0. The molecule has 1 saturated carbocycles. The molecule has 18 heavy (non-hydrogen) atoms. The largest absolute Gasteiger partial charge is 0.497 e. The molecule has 2 aliphatic rings. The van der Waals surface area contributed by atoms with E-state index >= 15 is 0 Å². The van der Waals surface area contributed by atoms with Crippen LogP contribution in [0, 0.1) is 17.8 Å². The van der Waals surface area contributed by atoms with Crippen molar-refractivity contribution < 1.29 is 4.74 Å². The summed E-state index contributed by atoms with van der Waals surface area (Å²) in [5.41, 5.74) is 1.13. The molecule has 2 bridgehead atoms. The van der Waals surface area contributed by atoms with Crippen molar-refractivity contribution in [2.24, 2.45) is 17.8 Å². The number of rotatable bonds is 4. The average Bonchev–Trinajstić information content (AvgIpc) is 2.97. The van der Waals surface area contributed by atoms with Gasteiger partial charge in [-0.15, -0.1) is 0 Å². The number of anilines is 1. The van der Waals surface area contributed by atoms with Gasteiger partial charge in [-0.3, -0.25) is 0 Å². The van der Waals surface area contributed by atoms with E-state index in [-0.39, 0.29) is 0 Å². The smallest absolute Gasteiger partial charge is 0.122 e. The maximum Gasteiger partial charge on any atom is 0.122 e. The molecule has 3 unspecified atom stereocenters. The molecule has 0 amide bonds. The Hall–Kier alpha value is -0.960. The number of hydrogen-bond donors (Lipinski definition) is 1. The van der Waals surface area contributed by atoms with Gasteiger partial charge in [0.15, 0.2) is 0 Å². The fourth-order valence-electron chi connectivity index (χ4n) is 3.16. The Morgan fingerprint density at radius 3 is 2.83 bits per heavy atom. The first-order valence-corrected chi connectivity index (χ1v) is 7.30. The van der Waals surface area contributed by atoms with Crippen molar-refractivity contribution in [2.75, 3.05) is 19.0 Å². The molecule has 0 aliphatic heterocycles. The standard InChI is InChI=1S/C15H18BrNO/c1-18-15-7-13(16)6-14(8-15)17-9-12-5-10-2-3-11(12)4-10/h2-3,6-8,10-12,17H,4-5,9H2,1H3. The minimum absolute atomic E-state index is 0.796. The van der Waals surface area contributed by atoms with E-state index in [9.17, 15) is 0 Å². The van der Waals surface area contributed by atoms with Crippen molar-refractivity contribution in [3.05, 3.63) is 34.8 Å². The molecule has 2 aliphatic carbocycles. The van der Waals surface area contributed by atoms with E-state index in [1.165, 1.54) is 12.8 Å². The Labute approximate surface area is 117 Å². The molecule has 0 spiro atoms. The molecular weight excluding hydrogens is 290 g/mol. The van der Waals surface area contributed by atoms with Gasteiger partial charge in [-0.2, -0.15) is 0 Å². The van der Waals surface area contributed by atoms with E-state index in [4.69, 9.17) is 4.74 Å². The van der Waals surface area contributed by atoms with Crippen molar-refractivity contribution in [1.82, 2.24) is 0 Å². The van der Waals surface area contributed by atoms with Crippen LogP contribution in [0.25, 0.3) is 0 Å². The van der Waals surface area contributed by atoms with Crippen molar-refractivity contribution in [3.8, 4) is 5.75 Å². The third-order valence-electron chi connectivity index (χ3n) is 4.09. The highest BCUT2D eigenvalue weighted by Crippen LogP contribution is 2.43. The molecule has 0 saturated heterocycles. The number of fused-ring (bicyclic) bond motifs is 2. The van der Waals surface area contributed by atoms with Crippen molar-refractivity contribution >= 4 is 21.6 Å². The number of ether oxygens (including phenoxy) is 1. The van der Waals surface area contributed by atoms with Crippen LogP contribution in [-0.4, -0.2) is 13.7 Å². The molecule has 0 aromatic heterocycles. The molecule has 1 aromatic carbocycles. The van der Waals surface area contributed by atoms with Crippen LogP contribution in [0.2, 0.25) is 0 Å². The van der Waals surface area contributed by atoms with Crippen LogP contribution in [0.5, 0.6) is 5.75 Å². The maximum atomic E-state index is 5.28. The van der Waals surface area contributed by atoms with E-state index < -0.39 is 0 Å². The monoisotopic (exact) mass is 307 g/mol. The quantitative estimate of drug-likeness (QED) is 0.846. The first kappa shape index (κ1) is 12.1. The fraction of sp³-hybridized carbons (Fsp3) is 0.467. The number of benzene rings is 1. The number of nitrogens with one attached hydrogen (secondary N) is 1. The Morgan fingerprint density at radius 1 is 1.28 bits per heavy atom. The minimum Gasteiger partial charge on any atom is -0.497 e. The second-order valence-corrected chi connectivity index (χ2v) is 6.22. The van der Waals surface area contributed by atoms with Crippen LogP contribution in [0.4, 0.5) is 5.69 Å². The highest BCUT2D eigenvalue weighted by Gasteiger charge is 2.35. The van der Waals surface area contributed by atoms with Crippen LogP contribution in [0.15, 0.2) is 34.8 Å². The summed E-state index contributed by atoms with van der Waals surface area (Å²) < 4.78 is 6.33. The van der Waals surface area contributed by atoms with Gasteiger partial charge in [0, 0.05) is 22.8 Å². The Bertz CT molecular complexity index is 472. The Kier molecular flexibility index (Phi) is 3.33. The first-order valence-electron chi connectivity index (χ1n) is 6.51. The van der Waals surface area contributed by atoms with Gasteiger partial charge in [0.2, 0.25) is 0 Å². The van der Waals surface area contributed by atoms with E-state index in [0.29, 0.717) is 0 Å². The first-order chi connectivity index (χ1) is 8.74. The fourth-order valence-corrected chi connectivity index (χ4v) is 3.63. The van der Waals surface area contributed by atoms with E-state index in [2.05, 4.69) is 39.5 Å². The molecule has 96 valence electrons. The van der Waals surface area contributed by atoms with Crippen molar-refractivity contribution in [2.45, 2.75) is 12.8 Å². The van der Waals surface area contributed by atoms with Crippen LogP contribution in [0.3, 0.4) is 0 Å². The van der Waals surface area contributed by atoms with Gasteiger partial charge in [0.25, 0.3) is 0 Å². The third-order valence-corrected chi connectivity index (χ3v) is 4.55. The van der Waals surface area contributed by atoms with E-state index in [0.717, 1.165) is 40.2 Å². The summed E-state index contributed by atoms with van der Waals surface area (Å²) in [6, 6.07) is 6.13. The molecule has 3 rings (SSSR count). The van der Waals surface area contributed by atoms with Gasteiger partial charge >= 0.3 is 0 Å². The Balaban J connectivity index is 1.63. The number of methoxy groups -OCH3 is 1. The van der Waals surface area contributed by atoms with Gasteiger partial charge in [-0.1, -0.05) is 28.1 Å². The van der Waals surface area contributed by atoms with Gasteiger partial charge in [-0.25, -0.2) is 0 Å². The molecule has 3 atom stereocenters. The summed E-state index contributed by atoms with van der Waals surface area (Å²) in [7, 11) is 1.70. The molecule has 1 aromatic rings. The number of halogens is 1. The highest BCUT2D eigenvalue weighted by molar-refractivity contribution is 9.10. The zero-order valence-corrected chi connectivity index (χ0v) is 12.1. The van der Waals surface area contributed by atoms with Gasteiger partial charge in [-0.05, 0) is 42.7 Å². The van der Waals surface area contributed by atoms with Crippen LogP contribution >= 0.6 is 15.9 Å². The Morgan fingerprint density at radius 2 is 2.17 bits per heavy atom. The second kappa shape index (κ2) is 4.96.